The van der Waals surface area contributed by atoms with Crippen LogP contribution in [0.2, 0.25) is 0 Å². The number of rotatable bonds is 6. The van der Waals surface area contributed by atoms with Gasteiger partial charge in [-0.1, -0.05) is 12.8 Å². The largest absolute Gasteiger partial charge is 0.382 e. The van der Waals surface area contributed by atoms with Gasteiger partial charge >= 0.3 is 0 Å². The normalized spacial score (nSPS) is 21.8. The van der Waals surface area contributed by atoms with Crippen molar-refractivity contribution in [1.82, 2.24) is 9.97 Å². The fourth-order valence-electron chi connectivity index (χ4n) is 4.03. The number of nitrogens with two attached hydrogens (primary N) is 1. The Kier molecular flexibility index (Phi) is 9.68. The topological polar surface area (TPSA) is 93.0 Å². The van der Waals surface area contributed by atoms with Gasteiger partial charge in [-0.05, 0) is 37.8 Å². The zero-order chi connectivity index (χ0) is 19.5. The van der Waals surface area contributed by atoms with Crippen molar-refractivity contribution >= 4 is 53.2 Å². The van der Waals surface area contributed by atoms with Gasteiger partial charge in [-0.15, -0.1) is 36.6 Å². The second-order valence-corrected chi connectivity index (χ2v) is 8.98. The number of hydrogen-bond acceptors (Lipinski definition) is 6. The number of anilines is 1. The van der Waals surface area contributed by atoms with E-state index in [4.69, 9.17) is 10.5 Å². The third kappa shape index (κ3) is 6.01. The molecule has 10 heteroatoms. The monoisotopic (exact) mass is 478 g/mol. The summed E-state index contributed by atoms with van der Waals surface area (Å²) in [5.74, 6) is 0.606. The van der Waals surface area contributed by atoms with Crippen molar-refractivity contribution in [2.45, 2.75) is 61.7 Å². The van der Waals surface area contributed by atoms with Gasteiger partial charge in [-0.25, -0.2) is 9.37 Å². The minimum atomic E-state index is -0.528. The van der Waals surface area contributed by atoms with E-state index in [1.54, 1.807) is 17.8 Å². The molecule has 168 valence electrons. The Bertz CT molecular complexity index is 887. The molecule has 1 aromatic heterocycles. The maximum atomic E-state index is 14.5. The number of thioether (sulfide) groups is 1. The summed E-state index contributed by atoms with van der Waals surface area (Å²) in [6.45, 7) is 1.22. The summed E-state index contributed by atoms with van der Waals surface area (Å²) in [6.07, 6.45) is 6.74. The first kappa shape index (κ1) is 25.2. The third-order valence-electron chi connectivity index (χ3n) is 5.58. The molecule has 0 spiro atoms. The molecule has 1 saturated heterocycles. The maximum Gasteiger partial charge on any atom is 0.261 e. The predicted octanol–water partition coefficient (Wildman–Crippen LogP) is 4.00. The van der Waals surface area contributed by atoms with Gasteiger partial charge in [-0.3, -0.25) is 4.79 Å². The standard InChI is InChI=1S/C20H27FN4O2S.2ClH/c21-16-7-13(23-12-3-1-2-4-12)8-17-19(16)20(26)25-18(24-17)11-28-15-6-5-14(9-22)27-10-15;;/h7-8,12,14-15,23H,1-6,9-11,22H2,(H,24,25,26);2*1H/t14-,15-;;/m0../s1. The van der Waals surface area contributed by atoms with Crippen molar-refractivity contribution in [2.75, 3.05) is 18.5 Å². The fraction of sp³-hybridized carbons (Fsp3) is 0.600. The lowest BCUT2D eigenvalue weighted by Crippen LogP contribution is -2.33. The number of nitrogens with one attached hydrogen (secondary N) is 2. The lowest BCUT2D eigenvalue weighted by atomic mass is 10.1. The molecule has 1 aromatic carbocycles. The number of halogens is 3. The van der Waals surface area contributed by atoms with Crippen molar-refractivity contribution in [1.29, 1.82) is 0 Å². The zero-order valence-electron chi connectivity index (χ0n) is 16.7. The quantitative estimate of drug-likeness (QED) is 0.580. The molecule has 4 N–H and O–H groups in total. The highest BCUT2D eigenvalue weighted by molar-refractivity contribution is 7.99. The van der Waals surface area contributed by atoms with E-state index in [0.717, 1.165) is 25.7 Å². The van der Waals surface area contributed by atoms with Crippen LogP contribution in [-0.4, -0.2) is 40.5 Å². The summed E-state index contributed by atoms with van der Waals surface area (Å²) in [7, 11) is 0. The molecule has 0 unspecified atom stereocenters. The van der Waals surface area contributed by atoms with Crippen LogP contribution in [0.4, 0.5) is 10.1 Å². The van der Waals surface area contributed by atoms with Crippen molar-refractivity contribution in [2.24, 2.45) is 5.73 Å². The lowest BCUT2D eigenvalue weighted by molar-refractivity contribution is 0.0259. The zero-order valence-corrected chi connectivity index (χ0v) is 19.1. The number of benzene rings is 1. The molecule has 2 aliphatic rings. The van der Waals surface area contributed by atoms with Crippen LogP contribution in [0.15, 0.2) is 16.9 Å². The van der Waals surface area contributed by atoms with E-state index in [2.05, 4.69) is 15.3 Å². The Hall–Kier alpha value is -1.06. The summed E-state index contributed by atoms with van der Waals surface area (Å²) in [6, 6.07) is 3.56. The van der Waals surface area contributed by atoms with Crippen molar-refractivity contribution in [3.05, 3.63) is 34.1 Å². The molecular formula is C20H29Cl2FN4O2S. The predicted molar refractivity (Wildman–Crippen MR) is 126 cm³/mol. The second kappa shape index (κ2) is 11.5. The van der Waals surface area contributed by atoms with Crippen molar-refractivity contribution < 1.29 is 9.13 Å². The summed E-state index contributed by atoms with van der Waals surface area (Å²) in [5, 5.41) is 3.76. The number of ether oxygens (including phenoxy) is 1. The summed E-state index contributed by atoms with van der Waals surface area (Å²) >= 11 is 1.71. The highest BCUT2D eigenvalue weighted by atomic mass is 35.5. The van der Waals surface area contributed by atoms with Crippen LogP contribution in [0.5, 0.6) is 0 Å². The van der Waals surface area contributed by atoms with E-state index in [9.17, 15) is 9.18 Å². The van der Waals surface area contributed by atoms with Gasteiger partial charge < -0.3 is 20.8 Å². The molecule has 2 heterocycles. The highest BCUT2D eigenvalue weighted by Gasteiger charge is 2.22. The van der Waals surface area contributed by atoms with Gasteiger partial charge in [0, 0.05) is 23.5 Å². The molecule has 30 heavy (non-hydrogen) atoms. The average Bonchev–Trinajstić information content (AvgIpc) is 3.19. The minimum absolute atomic E-state index is 0. The summed E-state index contributed by atoms with van der Waals surface area (Å²) < 4.78 is 20.2. The highest BCUT2D eigenvalue weighted by Crippen LogP contribution is 2.27. The Morgan fingerprint density at radius 1 is 1.23 bits per heavy atom. The van der Waals surface area contributed by atoms with Crippen molar-refractivity contribution in [3.8, 4) is 0 Å². The summed E-state index contributed by atoms with van der Waals surface area (Å²) in [5.41, 5.74) is 6.32. The van der Waals surface area contributed by atoms with Crippen molar-refractivity contribution in [3.63, 3.8) is 0 Å². The Labute approximate surface area is 192 Å². The number of H-pyrrole nitrogens is 1. The molecule has 0 amide bonds. The molecule has 1 saturated carbocycles. The molecule has 4 rings (SSSR count). The second-order valence-electron chi connectivity index (χ2n) is 7.69. The maximum absolute atomic E-state index is 14.5. The van der Waals surface area contributed by atoms with E-state index in [1.807, 2.05) is 0 Å². The molecule has 1 aliphatic heterocycles. The third-order valence-corrected chi connectivity index (χ3v) is 6.87. The molecular weight excluding hydrogens is 450 g/mol. The first-order valence-electron chi connectivity index (χ1n) is 10.0. The van der Waals surface area contributed by atoms with E-state index in [-0.39, 0.29) is 36.3 Å². The summed E-state index contributed by atoms with van der Waals surface area (Å²) in [4.78, 5) is 19.7. The number of fused-ring (bicyclic) bond motifs is 1. The van der Waals surface area contributed by atoms with Gasteiger partial charge in [0.1, 0.15) is 17.0 Å². The van der Waals surface area contributed by atoms with Gasteiger partial charge in [0.15, 0.2) is 0 Å². The van der Waals surface area contributed by atoms with Gasteiger partial charge in [0.25, 0.3) is 5.56 Å². The van der Waals surface area contributed by atoms with Gasteiger partial charge in [0.05, 0.1) is 24.0 Å². The first-order valence-corrected chi connectivity index (χ1v) is 11.1. The molecule has 0 radical (unpaired) electrons. The Morgan fingerprint density at radius 2 is 2.00 bits per heavy atom. The molecule has 6 nitrogen and oxygen atoms in total. The SMILES string of the molecule is Cl.Cl.NC[C@@H]1CC[C@H](SCc2nc3cc(NC4CCCC4)cc(F)c3c(=O)[nH]2)CO1. The Morgan fingerprint density at radius 3 is 2.67 bits per heavy atom. The van der Waals surface area contributed by atoms with Crippen LogP contribution >= 0.6 is 36.6 Å². The van der Waals surface area contributed by atoms with Crippen LogP contribution in [0.25, 0.3) is 10.9 Å². The average molecular weight is 479 g/mol. The number of hydrogen-bond donors (Lipinski definition) is 3. The van der Waals surface area contributed by atoms with E-state index in [0.29, 0.717) is 47.2 Å². The lowest BCUT2D eigenvalue weighted by Gasteiger charge is -2.27. The van der Waals surface area contributed by atoms with Crippen LogP contribution in [0, 0.1) is 5.82 Å². The number of aromatic nitrogens is 2. The van der Waals surface area contributed by atoms with Gasteiger partial charge in [0.2, 0.25) is 0 Å². The number of nitrogens with zero attached hydrogens (tertiary/aromatic N) is 1. The smallest absolute Gasteiger partial charge is 0.261 e. The molecule has 2 atom stereocenters. The minimum Gasteiger partial charge on any atom is -0.382 e. The fourth-order valence-corrected chi connectivity index (χ4v) is 5.03. The van der Waals surface area contributed by atoms with Crippen LogP contribution in [0.1, 0.15) is 44.3 Å². The first-order chi connectivity index (χ1) is 13.6. The van der Waals surface area contributed by atoms with E-state index in [1.165, 1.54) is 18.9 Å². The van der Waals surface area contributed by atoms with Gasteiger partial charge in [-0.2, -0.15) is 0 Å². The van der Waals surface area contributed by atoms with Crippen LogP contribution < -0.4 is 16.6 Å². The van der Waals surface area contributed by atoms with Crippen LogP contribution in [-0.2, 0) is 10.5 Å². The van der Waals surface area contributed by atoms with E-state index < -0.39 is 11.4 Å². The molecule has 0 bridgehead atoms. The van der Waals surface area contributed by atoms with Crippen LogP contribution in [0.3, 0.4) is 0 Å². The number of aromatic amines is 1. The molecule has 1 aliphatic carbocycles. The Balaban J connectivity index is 0.00000160. The molecule has 2 fully saturated rings. The molecule has 2 aromatic rings. The van der Waals surface area contributed by atoms with E-state index >= 15 is 0 Å².